The molecule has 1 atom stereocenters. The molecule has 1 unspecified atom stereocenters. The summed E-state index contributed by atoms with van der Waals surface area (Å²) in [6, 6.07) is 16.1. The van der Waals surface area contributed by atoms with Crippen molar-refractivity contribution in [2.45, 2.75) is 37.6 Å². The molecular formula is C38H27ClF5N5O2. The summed E-state index contributed by atoms with van der Waals surface area (Å²) >= 11 is 6.78. The third kappa shape index (κ3) is 6.03. The molecule has 1 saturated carbocycles. The summed E-state index contributed by atoms with van der Waals surface area (Å²) in [5.41, 5.74) is 1.51. The van der Waals surface area contributed by atoms with Gasteiger partial charge in [-0.15, -0.1) is 0 Å². The first-order chi connectivity index (χ1) is 24.5. The first-order valence-electron chi connectivity index (χ1n) is 16.0. The summed E-state index contributed by atoms with van der Waals surface area (Å²) in [5.74, 6) is -1.57. The summed E-state index contributed by atoms with van der Waals surface area (Å²) in [7, 11) is 1.56. The maximum absolute atomic E-state index is 15.0. The minimum atomic E-state index is -4.88. The molecule has 6 aromatic rings. The number of carbonyl (C=O) groups excluding carboxylic acids is 1. The van der Waals surface area contributed by atoms with Gasteiger partial charge in [0.2, 0.25) is 0 Å². The molecule has 1 aliphatic carbocycles. The van der Waals surface area contributed by atoms with Crippen LogP contribution in [0.3, 0.4) is 0 Å². The molecule has 2 aliphatic rings. The smallest absolute Gasteiger partial charge is 0.416 e. The van der Waals surface area contributed by atoms with Crippen molar-refractivity contribution >= 4 is 39.8 Å². The number of nitrogens with zero attached hydrogens (tertiary/aromatic N) is 4. The van der Waals surface area contributed by atoms with Gasteiger partial charge in [-0.25, -0.2) is 13.8 Å². The Bertz CT molecular complexity index is 2340. The van der Waals surface area contributed by atoms with Crippen LogP contribution < -0.4 is 15.0 Å². The normalized spacial score (nSPS) is 15.4. The highest BCUT2D eigenvalue weighted by molar-refractivity contribution is 6.31. The minimum Gasteiger partial charge on any atom is -0.497 e. The topological polar surface area (TPSA) is 72.3 Å². The Morgan fingerprint density at radius 3 is 2.51 bits per heavy atom. The number of carbonyl (C=O) groups is 1. The number of benzene rings is 4. The fraction of sp³-hybridized carbons (Fsp3) is 0.184. The molecule has 0 spiro atoms. The number of hydrogen-bond acceptors (Lipinski definition) is 5. The maximum Gasteiger partial charge on any atom is 0.416 e. The Labute approximate surface area is 293 Å². The van der Waals surface area contributed by atoms with E-state index in [-0.39, 0.29) is 23.3 Å². The van der Waals surface area contributed by atoms with Gasteiger partial charge in [-0.1, -0.05) is 23.7 Å². The van der Waals surface area contributed by atoms with Gasteiger partial charge < -0.3 is 15.0 Å². The Morgan fingerprint density at radius 2 is 1.78 bits per heavy atom. The first-order valence-corrected chi connectivity index (χ1v) is 16.4. The van der Waals surface area contributed by atoms with Gasteiger partial charge in [-0.3, -0.25) is 9.48 Å². The van der Waals surface area contributed by atoms with E-state index in [9.17, 15) is 22.4 Å². The van der Waals surface area contributed by atoms with Crippen LogP contribution in [-0.4, -0.2) is 27.8 Å². The van der Waals surface area contributed by atoms with Gasteiger partial charge in [0, 0.05) is 57.3 Å². The Kier molecular flexibility index (Phi) is 7.94. The van der Waals surface area contributed by atoms with Crippen LogP contribution in [0.4, 0.5) is 33.5 Å². The zero-order valence-electron chi connectivity index (χ0n) is 26.8. The summed E-state index contributed by atoms with van der Waals surface area (Å²) in [6.07, 6.45) is 2.41. The van der Waals surface area contributed by atoms with E-state index in [2.05, 4.69) is 10.4 Å². The number of anilines is 2. The summed E-state index contributed by atoms with van der Waals surface area (Å²) in [4.78, 5) is 20.5. The van der Waals surface area contributed by atoms with Crippen molar-refractivity contribution < 1.29 is 31.5 Å². The summed E-state index contributed by atoms with van der Waals surface area (Å²) in [6.45, 7) is 0.267. The van der Waals surface area contributed by atoms with Gasteiger partial charge in [-0.05, 0) is 90.0 Å². The third-order valence-corrected chi connectivity index (χ3v) is 9.60. The quantitative estimate of drug-likeness (QED) is 0.159. The molecule has 1 N–H and O–H groups in total. The van der Waals surface area contributed by atoms with Crippen molar-refractivity contribution in [2.24, 2.45) is 0 Å². The van der Waals surface area contributed by atoms with Gasteiger partial charge in [0.15, 0.2) is 0 Å². The number of halogens is 6. The molecule has 2 aromatic heterocycles. The second-order valence-electron chi connectivity index (χ2n) is 12.6. The van der Waals surface area contributed by atoms with Crippen molar-refractivity contribution in [2.75, 3.05) is 17.3 Å². The van der Waals surface area contributed by atoms with Crippen LogP contribution in [0.5, 0.6) is 5.75 Å². The van der Waals surface area contributed by atoms with Gasteiger partial charge in [0.25, 0.3) is 5.91 Å². The van der Waals surface area contributed by atoms with E-state index in [0.717, 1.165) is 35.4 Å². The first kappa shape index (κ1) is 32.7. The fourth-order valence-corrected chi connectivity index (χ4v) is 6.95. The predicted octanol–water partition coefficient (Wildman–Crippen LogP) is 9.75. The number of nitrogens with one attached hydrogen (secondary N) is 1. The van der Waals surface area contributed by atoms with Gasteiger partial charge >= 0.3 is 6.18 Å². The van der Waals surface area contributed by atoms with Crippen LogP contribution in [0.1, 0.15) is 57.5 Å². The Hall–Kier alpha value is -5.49. The van der Waals surface area contributed by atoms with Crippen LogP contribution in [0.2, 0.25) is 5.02 Å². The van der Waals surface area contributed by atoms with Crippen molar-refractivity contribution in [1.82, 2.24) is 14.8 Å². The van der Waals surface area contributed by atoms with E-state index < -0.39 is 40.9 Å². The molecule has 0 saturated heterocycles. The zero-order valence-corrected chi connectivity index (χ0v) is 27.6. The van der Waals surface area contributed by atoms with E-state index in [0.29, 0.717) is 45.8 Å². The molecule has 1 amide bonds. The van der Waals surface area contributed by atoms with Gasteiger partial charge in [-0.2, -0.15) is 18.3 Å². The van der Waals surface area contributed by atoms with Crippen LogP contribution in [0.15, 0.2) is 91.4 Å². The molecule has 0 radical (unpaired) electrons. The summed E-state index contributed by atoms with van der Waals surface area (Å²) < 4.78 is 77.7. The molecule has 51 heavy (non-hydrogen) atoms. The number of pyridine rings is 1. The Balaban J connectivity index is 1.35. The van der Waals surface area contributed by atoms with Crippen LogP contribution in [0.25, 0.3) is 21.9 Å². The molecule has 0 bridgehead atoms. The third-order valence-electron chi connectivity index (χ3n) is 9.26. The van der Waals surface area contributed by atoms with E-state index in [1.165, 1.54) is 18.2 Å². The van der Waals surface area contributed by atoms with E-state index in [4.69, 9.17) is 21.3 Å². The number of amides is 1. The molecule has 258 valence electrons. The lowest BCUT2D eigenvalue weighted by Gasteiger charge is -2.30. The predicted molar refractivity (Wildman–Crippen MR) is 183 cm³/mol. The molecule has 1 fully saturated rings. The van der Waals surface area contributed by atoms with Crippen molar-refractivity contribution in [3.63, 3.8) is 0 Å². The minimum absolute atomic E-state index is 0.205. The molecule has 1 aliphatic heterocycles. The molecule has 4 aromatic carbocycles. The maximum atomic E-state index is 15.0. The number of hydrogen-bond donors (Lipinski definition) is 1. The average molecular weight is 716 g/mol. The standard InChI is InChI=1S/C38H27ClF5N5O2/c1-51-27-7-2-20(3-8-27)18-48-35(30-15-24(40)4-9-31(30)39)34-32(47-37(50)21-12-23(38(42,43)44)14-25(41)13-21)16-29(28-10-11-45-36(48)33(28)34)22-17-46-49(19-22)26-5-6-26/h2-4,7-17,19,26,35H,5-6,18H2,1H3,(H,47,50). The highest BCUT2D eigenvalue weighted by Gasteiger charge is 2.39. The zero-order chi connectivity index (χ0) is 35.6. The highest BCUT2D eigenvalue weighted by Crippen LogP contribution is 2.53. The monoisotopic (exact) mass is 715 g/mol. The molecule has 13 heteroatoms. The Morgan fingerprint density at radius 1 is 1.00 bits per heavy atom. The second-order valence-corrected chi connectivity index (χ2v) is 13.0. The largest absolute Gasteiger partial charge is 0.497 e. The van der Waals surface area contributed by atoms with Crippen molar-refractivity contribution in [3.8, 4) is 16.9 Å². The molecular weight excluding hydrogens is 689 g/mol. The molecule has 8 rings (SSSR count). The van der Waals surface area contributed by atoms with Crippen LogP contribution in [-0.2, 0) is 12.7 Å². The molecule has 3 heterocycles. The van der Waals surface area contributed by atoms with E-state index in [1.807, 2.05) is 46.1 Å². The van der Waals surface area contributed by atoms with Gasteiger partial charge in [0.1, 0.15) is 23.2 Å². The number of ether oxygens (including phenoxy) is 1. The van der Waals surface area contributed by atoms with Crippen molar-refractivity contribution in [3.05, 3.63) is 136 Å². The lowest BCUT2D eigenvalue weighted by atomic mass is 9.91. The average Bonchev–Trinajstić information content (AvgIpc) is 3.75. The number of aromatic nitrogens is 3. The lowest BCUT2D eigenvalue weighted by Crippen LogP contribution is -2.27. The highest BCUT2D eigenvalue weighted by atomic mass is 35.5. The van der Waals surface area contributed by atoms with Crippen LogP contribution in [0, 0.1) is 11.6 Å². The van der Waals surface area contributed by atoms with Gasteiger partial charge in [0.05, 0.1) is 31.0 Å². The second kappa shape index (κ2) is 12.4. The fourth-order valence-electron chi connectivity index (χ4n) is 6.73. The van der Waals surface area contributed by atoms with E-state index in [1.54, 1.807) is 25.6 Å². The number of rotatable bonds is 8. The number of alkyl halides is 3. The van der Waals surface area contributed by atoms with Crippen molar-refractivity contribution in [1.29, 1.82) is 0 Å². The number of methoxy groups -OCH3 is 1. The lowest BCUT2D eigenvalue weighted by molar-refractivity contribution is -0.137. The SMILES string of the molecule is COc1ccc(CN2c3nccc4c(-c5cnn(C6CC6)c5)cc(NC(=O)c5cc(F)cc(C(F)(F)F)c5)c(c34)C2c2cc(F)ccc2Cl)cc1. The van der Waals surface area contributed by atoms with Crippen LogP contribution >= 0.6 is 11.6 Å². The summed E-state index contributed by atoms with van der Waals surface area (Å²) in [5, 5.41) is 8.96. The molecule has 7 nitrogen and oxygen atoms in total. The van der Waals surface area contributed by atoms with E-state index >= 15 is 4.39 Å².